The zero-order valence-corrected chi connectivity index (χ0v) is 12.1. The van der Waals surface area contributed by atoms with Crippen LogP contribution in [-0.2, 0) is 20.3 Å². The zero-order valence-electron chi connectivity index (χ0n) is 11.3. The summed E-state index contributed by atoms with van der Waals surface area (Å²) >= 11 is 0. The van der Waals surface area contributed by atoms with Crippen LogP contribution in [0.1, 0.15) is 18.1 Å². The third kappa shape index (κ3) is 2.80. The summed E-state index contributed by atoms with van der Waals surface area (Å²) in [5.74, 6) is -0.707. The number of carbonyl (C=O) groups is 1. The van der Waals surface area contributed by atoms with Gasteiger partial charge >= 0.3 is 0 Å². The van der Waals surface area contributed by atoms with E-state index in [1.807, 2.05) is 67.6 Å². The number of benzene rings is 2. The lowest BCUT2D eigenvalue weighted by Crippen LogP contribution is -2.35. The van der Waals surface area contributed by atoms with Crippen molar-refractivity contribution in [2.24, 2.45) is 5.73 Å². The van der Waals surface area contributed by atoms with E-state index in [1.54, 1.807) is 0 Å². The molecule has 0 unspecified atom stereocenters. The molecule has 2 aromatic rings. The molecule has 4 heteroatoms. The summed E-state index contributed by atoms with van der Waals surface area (Å²) in [6, 6.07) is 19.1. The Bertz CT molecular complexity index is 571. The predicted octanol–water partition coefficient (Wildman–Crippen LogP) is 2.18. The summed E-state index contributed by atoms with van der Waals surface area (Å²) in [6.45, 7) is 1.89. The van der Waals surface area contributed by atoms with E-state index >= 15 is 0 Å². The highest BCUT2D eigenvalue weighted by Gasteiger charge is 2.36. The zero-order chi connectivity index (χ0) is 14.6. The fourth-order valence-corrected chi connectivity index (χ4v) is 3.56. The molecule has 0 spiro atoms. The SMILES string of the molecule is CC(c1ccccc1)(c1ccccc1)[S@](=O)CC(N)=O. The van der Waals surface area contributed by atoms with Crippen molar-refractivity contribution < 1.29 is 9.00 Å². The minimum atomic E-state index is -1.43. The number of hydrogen-bond donors (Lipinski definition) is 1. The quantitative estimate of drug-likeness (QED) is 0.916. The van der Waals surface area contributed by atoms with E-state index in [0.29, 0.717) is 0 Å². The molecular formula is C16H17NO2S. The summed E-state index contributed by atoms with van der Waals surface area (Å²) in [5.41, 5.74) is 7.03. The summed E-state index contributed by atoms with van der Waals surface area (Å²) in [5, 5.41) is 0. The minimum absolute atomic E-state index is 0.152. The molecule has 2 N–H and O–H groups in total. The summed E-state index contributed by atoms with van der Waals surface area (Å²) in [7, 11) is -1.43. The Hall–Kier alpha value is -1.94. The van der Waals surface area contributed by atoms with Crippen molar-refractivity contribution in [2.45, 2.75) is 11.7 Å². The Morgan fingerprint density at radius 3 is 1.75 bits per heavy atom. The largest absolute Gasteiger partial charge is 0.369 e. The number of carbonyl (C=O) groups excluding carboxylic acids is 1. The van der Waals surface area contributed by atoms with Gasteiger partial charge in [-0.3, -0.25) is 9.00 Å². The van der Waals surface area contributed by atoms with Crippen molar-refractivity contribution in [1.29, 1.82) is 0 Å². The maximum absolute atomic E-state index is 12.7. The molecule has 2 aromatic carbocycles. The highest BCUT2D eigenvalue weighted by atomic mass is 32.2. The number of nitrogens with two attached hydrogens (primary N) is 1. The Kier molecular flexibility index (Phi) is 4.35. The average molecular weight is 287 g/mol. The van der Waals surface area contributed by atoms with Crippen LogP contribution in [0.2, 0.25) is 0 Å². The number of hydrogen-bond acceptors (Lipinski definition) is 2. The fourth-order valence-electron chi connectivity index (χ4n) is 2.22. The standard InChI is InChI=1S/C16H17NO2S/c1-16(20(19)12-15(17)18,13-8-4-2-5-9-13)14-10-6-3-7-11-14/h2-11H,12H2,1H3,(H2,17,18)/t20-/m1/s1. The molecule has 0 heterocycles. The second kappa shape index (κ2) is 6.01. The first-order valence-corrected chi connectivity index (χ1v) is 7.65. The lowest BCUT2D eigenvalue weighted by Gasteiger charge is -2.29. The van der Waals surface area contributed by atoms with Crippen molar-refractivity contribution in [3.63, 3.8) is 0 Å². The van der Waals surface area contributed by atoms with Crippen LogP contribution >= 0.6 is 0 Å². The van der Waals surface area contributed by atoms with E-state index in [2.05, 4.69) is 0 Å². The average Bonchev–Trinajstić information content (AvgIpc) is 2.47. The predicted molar refractivity (Wildman–Crippen MR) is 81.5 cm³/mol. The topological polar surface area (TPSA) is 60.2 Å². The van der Waals surface area contributed by atoms with Gasteiger partial charge in [0.1, 0.15) is 5.75 Å². The first-order chi connectivity index (χ1) is 9.55. The van der Waals surface area contributed by atoms with Crippen molar-refractivity contribution >= 4 is 16.7 Å². The van der Waals surface area contributed by atoms with Gasteiger partial charge in [-0.25, -0.2) is 0 Å². The first kappa shape index (κ1) is 14.5. The lowest BCUT2D eigenvalue weighted by molar-refractivity contribution is -0.115. The van der Waals surface area contributed by atoms with E-state index in [9.17, 15) is 9.00 Å². The molecular weight excluding hydrogens is 270 g/mol. The van der Waals surface area contributed by atoms with Gasteiger partial charge < -0.3 is 5.73 Å². The van der Waals surface area contributed by atoms with Gasteiger partial charge in [0.15, 0.2) is 0 Å². The minimum Gasteiger partial charge on any atom is -0.369 e. The summed E-state index contributed by atoms with van der Waals surface area (Å²) in [6.07, 6.45) is 0. The van der Waals surface area contributed by atoms with Crippen LogP contribution in [0, 0.1) is 0 Å². The van der Waals surface area contributed by atoms with Crippen LogP contribution in [0.25, 0.3) is 0 Å². The van der Waals surface area contributed by atoms with Gasteiger partial charge in [-0.2, -0.15) is 0 Å². The highest BCUT2D eigenvalue weighted by Crippen LogP contribution is 2.35. The Morgan fingerprint density at radius 1 is 1.00 bits per heavy atom. The van der Waals surface area contributed by atoms with Crippen LogP contribution < -0.4 is 5.73 Å². The molecule has 1 amide bonds. The molecule has 0 aliphatic carbocycles. The summed E-state index contributed by atoms with van der Waals surface area (Å²) < 4.78 is 11.9. The Balaban J connectivity index is 2.55. The van der Waals surface area contributed by atoms with Gasteiger partial charge in [-0.1, -0.05) is 60.7 Å². The van der Waals surface area contributed by atoms with Crippen LogP contribution in [0.3, 0.4) is 0 Å². The summed E-state index contributed by atoms with van der Waals surface area (Å²) in [4.78, 5) is 11.1. The van der Waals surface area contributed by atoms with Crippen molar-refractivity contribution in [3.05, 3.63) is 71.8 Å². The van der Waals surface area contributed by atoms with E-state index in [-0.39, 0.29) is 5.75 Å². The number of primary amides is 1. The van der Waals surface area contributed by atoms with Gasteiger partial charge in [-0.05, 0) is 18.1 Å². The molecule has 0 bridgehead atoms. The van der Waals surface area contributed by atoms with Crippen molar-refractivity contribution in [2.75, 3.05) is 5.75 Å². The third-order valence-corrected chi connectivity index (χ3v) is 5.31. The van der Waals surface area contributed by atoms with E-state index in [4.69, 9.17) is 5.73 Å². The van der Waals surface area contributed by atoms with E-state index < -0.39 is 21.5 Å². The molecule has 0 saturated carbocycles. The first-order valence-electron chi connectivity index (χ1n) is 6.33. The fraction of sp³-hybridized carbons (Fsp3) is 0.188. The Labute approximate surface area is 121 Å². The van der Waals surface area contributed by atoms with Crippen LogP contribution in [0.5, 0.6) is 0 Å². The molecule has 0 aromatic heterocycles. The molecule has 3 nitrogen and oxygen atoms in total. The van der Waals surface area contributed by atoms with Crippen LogP contribution in [0.15, 0.2) is 60.7 Å². The molecule has 0 fully saturated rings. The number of rotatable bonds is 5. The molecule has 20 heavy (non-hydrogen) atoms. The van der Waals surface area contributed by atoms with Gasteiger partial charge in [-0.15, -0.1) is 0 Å². The van der Waals surface area contributed by atoms with Crippen molar-refractivity contribution in [1.82, 2.24) is 0 Å². The molecule has 1 atom stereocenters. The van der Waals surface area contributed by atoms with Gasteiger partial charge in [0.2, 0.25) is 5.91 Å². The molecule has 2 rings (SSSR count). The third-order valence-electron chi connectivity index (χ3n) is 3.38. The monoisotopic (exact) mass is 287 g/mol. The van der Waals surface area contributed by atoms with Gasteiger partial charge in [0.25, 0.3) is 0 Å². The van der Waals surface area contributed by atoms with E-state index in [1.165, 1.54) is 0 Å². The molecule has 0 aliphatic rings. The smallest absolute Gasteiger partial charge is 0.230 e. The second-order valence-corrected chi connectivity index (χ2v) is 6.52. The maximum atomic E-state index is 12.7. The molecule has 104 valence electrons. The van der Waals surface area contributed by atoms with Gasteiger partial charge in [0.05, 0.1) is 4.75 Å². The maximum Gasteiger partial charge on any atom is 0.230 e. The highest BCUT2D eigenvalue weighted by molar-refractivity contribution is 7.87. The Morgan fingerprint density at radius 2 is 1.40 bits per heavy atom. The normalized spacial score (nSPS) is 12.8. The lowest BCUT2D eigenvalue weighted by atomic mass is 9.92. The second-order valence-electron chi connectivity index (χ2n) is 4.72. The molecule has 0 saturated heterocycles. The van der Waals surface area contributed by atoms with Gasteiger partial charge in [0, 0.05) is 10.8 Å². The van der Waals surface area contributed by atoms with E-state index in [0.717, 1.165) is 11.1 Å². The molecule has 0 aliphatic heterocycles. The van der Waals surface area contributed by atoms with Crippen molar-refractivity contribution in [3.8, 4) is 0 Å². The van der Waals surface area contributed by atoms with Crippen LogP contribution in [0.4, 0.5) is 0 Å². The number of amides is 1. The van der Waals surface area contributed by atoms with Crippen LogP contribution in [-0.4, -0.2) is 15.9 Å². The molecule has 0 radical (unpaired) electrons.